The fraction of sp³-hybridized carbons (Fsp3) is 0.379. The number of alkyl halides is 3. The molecule has 0 unspecified atom stereocenters. The van der Waals surface area contributed by atoms with E-state index in [1.807, 2.05) is 0 Å². The summed E-state index contributed by atoms with van der Waals surface area (Å²) in [5.41, 5.74) is -2.73. The van der Waals surface area contributed by atoms with E-state index >= 15 is 13.2 Å². The number of imidazole rings is 1. The predicted octanol–water partition coefficient (Wildman–Crippen LogP) is 4.50. The quantitative estimate of drug-likeness (QED) is 0.260. The molecule has 1 saturated heterocycles. The Balaban J connectivity index is 1.53. The van der Waals surface area contributed by atoms with Crippen LogP contribution in [0.2, 0.25) is 0 Å². The first kappa shape index (κ1) is 27.7. The molecule has 43 heavy (non-hydrogen) atoms. The van der Waals surface area contributed by atoms with E-state index in [0.29, 0.717) is 30.9 Å². The van der Waals surface area contributed by atoms with Gasteiger partial charge in [-0.05, 0) is 42.5 Å². The number of benzene rings is 2. The molecule has 1 spiro atoms. The lowest BCUT2D eigenvalue weighted by Gasteiger charge is -2.41. The first-order valence-electron chi connectivity index (χ1n) is 13.9. The molecule has 7 rings (SSSR count). The molecule has 2 aliphatic heterocycles. The number of hydrogen-bond acceptors (Lipinski definition) is 6. The molecule has 1 aliphatic carbocycles. The molecule has 0 atom stereocenters. The van der Waals surface area contributed by atoms with Crippen LogP contribution in [0.15, 0.2) is 45.3 Å². The normalized spacial score (nSPS) is 18.2. The lowest BCUT2D eigenvalue weighted by Crippen LogP contribution is -2.49. The van der Waals surface area contributed by atoms with E-state index in [9.17, 15) is 18.8 Å². The number of nitrogens with zero attached hydrogens (tertiary/aromatic N) is 4. The maximum absolute atomic E-state index is 15.0. The van der Waals surface area contributed by atoms with Crippen molar-refractivity contribution < 1.29 is 22.4 Å². The maximum atomic E-state index is 15.0. The largest absolute Gasteiger partial charge is 0.417 e. The lowest BCUT2D eigenvalue weighted by molar-refractivity contribution is -0.137. The Morgan fingerprint density at radius 2 is 1.81 bits per heavy atom. The van der Waals surface area contributed by atoms with Crippen LogP contribution in [-0.4, -0.2) is 62.3 Å². The molecule has 3 aliphatic rings. The van der Waals surface area contributed by atoms with Gasteiger partial charge in [0.05, 0.1) is 16.6 Å². The van der Waals surface area contributed by atoms with Crippen LogP contribution in [0, 0.1) is 11.2 Å². The average molecular weight is 615 g/mol. The summed E-state index contributed by atoms with van der Waals surface area (Å²) in [6.07, 6.45) is -1.02. The zero-order chi connectivity index (χ0) is 30.3. The minimum absolute atomic E-state index is 0.00458. The van der Waals surface area contributed by atoms with E-state index < -0.39 is 28.9 Å². The number of nitrogens with one attached hydrogen (secondary N) is 2. The molecule has 224 valence electrons. The van der Waals surface area contributed by atoms with Crippen LogP contribution in [0.3, 0.4) is 0 Å². The number of hydrogen-bond donors (Lipinski definition) is 2. The molecule has 1 saturated carbocycles. The molecule has 4 heterocycles. The van der Waals surface area contributed by atoms with Gasteiger partial charge < -0.3 is 19.8 Å². The SMILES string of the molecule is C=CC(=O)N1CCN(c2nc(=O)n3c4c(c(-c5ccc(F)c6[nH]c(=O)[nH]c56)c(C(F)(F)F)cc24)SCC2(CCC2)C3)CC1. The van der Waals surface area contributed by atoms with Crippen molar-refractivity contribution in [1.29, 1.82) is 0 Å². The number of H-pyrrole nitrogens is 2. The maximum Gasteiger partial charge on any atom is 0.417 e. The number of piperazine rings is 1. The van der Waals surface area contributed by atoms with Crippen molar-refractivity contribution in [3.8, 4) is 11.1 Å². The van der Waals surface area contributed by atoms with E-state index in [-0.39, 0.29) is 62.7 Å². The Kier molecular flexibility index (Phi) is 6.28. The first-order valence-corrected chi connectivity index (χ1v) is 14.9. The van der Waals surface area contributed by atoms with E-state index in [1.54, 1.807) is 9.80 Å². The van der Waals surface area contributed by atoms with Gasteiger partial charge in [0.25, 0.3) is 0 Å². The van der Waals surface area contributed by atoms with Gasteiger partial charge in [-0.2, -0.15) is 18.2 Å². The van der Waals surface area contributed by atoms with Gasteiger partial charge in [0.15, 0.2) is 0 Å². The number of aromatic amines is 2. The van der Waals surface area contributed by atoms with Gasteiger partial charge in [-0.3, -0.25) is 9.36 Å². The zero-order valence-electron chi connectivity index (χ0n) is 22.8. The zero-order valence-corrected chi connectivity index (χ0v) is 23.6. The highest BCUT2D eigenvalue weighted by molar-refractivity contribution is 7.99. The number of anilines is 1. The van der Waals surface area contributed by atoms with Crippen LogP contribution in [-0.2, 0) is 17.5 Å². The predicted molar refractivity (Wildman–Crippen MR) is 155 cm³/mol. The summed E-state index contributed by atoms with van der Waals surface area (Å²) in [5, 5.41) is 0.180. The number of aromatic nitrogens is 4. The van der Waals surface area contributed by atoms with Crippen molar-refractivity contribution in [2.24, 2.45) is 5.41 Å². The Bertz CT molecular complexity index is 1950. The smallest absolute Gasteiger partial charge is 0.352 e. The van der Waals surface area contributed by atoms with E-state index in [0.717, 1.165) is 31.4 Å². The fourth-order valence-corrected chi connectivity index (χ4v) is 8.11. The van der Waals surface area contributed by atoms with Crippen LogP contribution in [0.5, 0.6) is 0 Å². The summed E-state index contributed by atoms with van der Waals surface area (Å²) < 4.78 is 61.2. The highest BCUT2D eigenvalue weighted by Crippen LogP contribution is 2.54. The third-order valence-electron chi connectivity index (χ3n) is 8.90. The molecule has 4 aromatic rings. The second-order valence-electron chi connectivity index (χ2n) is 11.4. The molecule has 2 aromatic carbocycles. The number of halogens is 4. The number of rotatable bonds is 3. The Morgan fingerprint density at radius 1 is 1.09 bits per heavy atom. The summed E-state index contributed by atoms with van der Waals surface area (Å²) in [4.78, 5) is 50.7. The van der Waals surface area contributed by atoms with Crippen molar-refractivity contribution in [1.82, 2.24) is 24.4 Å². The molecule has 2 N–H and O–H groups in total. The van der Waals surface area contributed by atoms with Gasteiger partial charge in [0, 0.05) is 59.9 Å². The number of carbonyl (C=O) groups excluding carboxylic acids is 1. The Hall–Kier alpha value is -4.07. The third kappa shape index (κ3) is 4.36. The van der Waals surface area contributed by atoms with Crippen LogP contribution in [0.25, 0.3) is 33.1 Å². The van der Waals surface area contributed by atoms with Gasteiger partial charge in [-0.1, -0.05) is 13.0 Å². The second-order valence-corrected chi connectivity index (χ2v) is 12.4. The van der Waals surface area contributed by atoms with Crippen molar-refractivity contribution in [2.75, 3.05) is 36.8 Å². The number of fused-ring (bicyclic) bond motifs is 1. The first-order chi connectivity index (χ1) is 20.5. The number of amides is 1. The molecule has 0 radical (unpaired) electrons. The third-order valence-corrected chi connectivity index (χ3v) is 10.3. The van der Waals surface area contributed by atoms with E-state index in [4.69, 9.17) is 0 Å². The van der Waals surface area contributed by atoms with Crippen molar-refractivity contribution in [2.45, 2.75) is 36.9 Å². The van der Waals surface area contributed by atoms with E-state index in [1.165, 1.54) is 28.5 Å². The molecule has 2 fully saturated rings. The molecular formula is C29H26F4N6O3S. The Labute approximate surface area is 245 Å². The summed E-state index contributed by atoms with van der Waals surface area (Å²) in [6.45, 7) is 4.95. The number of thioether (sulfide) groups is 1. The van der Waals surface area contributed by atoms with Crippen molar-refractivity contribution in [3.63, 3.8) is 0 Å². The van der Waals surface area contributed by atoms with Gasteiger partial charge in [-0.15, -0.1) is 11.8 Å². The minimum Gasteiger partial charge on any atom is -0.352 e. The molecule has 9 nitrogen and oxygen atoms in total. The van der Waals surface area contributed by atoms with Gasteiger partial charge in [0.1, 0.15) is 17.2 Å². The van der Waals surface area contributed by atoms with Crippen LogP contribution in [0.1, 0.15) is 24.8 Å². The summed E-state index contributed by atoms with van der Waals surface area (Å²) in [6, 6.07) is 3.29. The number of carbonyl (C=O) groups is 1. The minimum atomic E-state index is -4.84. The average Bonchev–Trinajstić information content (AvgIpc) is 3.25. The Morgan fingerprint density at radius 3 is 2.47 bits per heavy atom. The van der Waals surface area contributed by atoms with Crippen LogP contribution >= 0.6 is 11.8 Å². The molecule has 0 bridgehead atoms. The lowest BCUT2D eigenvalue weighted by atomic mass is 9.70. The topological polar surface area (TPSA) is 107 Å². The van der Waals surface area contributed by atoms with Crippen LogP contribution in [0.4, 0.5) is 23.4 Å². The summed E-state index contributed by atoms with van der Waals surface area (Å²) in [7, 11) is 0. The molecular weight excluding hydrogens is 588 g/mol. The van der Waals surface area contributed by atoms with Gasteiger partial charge >= 0.3 is 17.6 Å². The highest BCUT2D eigenvalue weighted by atomic mass is 32.2. The van der Waals surface area contributed by atoms with E-state index in [2.05, 4.69) is 21.5 Å². The van der Waals surface area contributed by atoms with Gasteiger partial charge in [-0.25, -0.2) is 14.0 Å². The molecule has 1 amide bonds. The monoisotopic (exact) mass is 614 g/mol. The standard InChI is InChI=1S/C29H26F4N6O3S/c1-2-19(40)37-8-10-38(11-9-37)25-16-12-17(29(31,32)33)20(15-4-5-18(30)22-21(15)34-26(41)35-22)24-23(16)39(27(42)36-25)13-28(14-43-24)6-3-7-28/h2,4-5,12H,1,3,6-11,13-14H2,(H2,34,35,41). The molecule has 2 aromatic heterocycles. The van der Waals surface area contributed by atoms with Crippen molar-refractivity contribution >= 4 is 45.4 Å². The van der Waals surface area contributed by atoms with Crippen molar-refractivity contribution in [3.05, 3.63) is 63.2 Å². The highest BCUT2D eigenvalue weighted by Gasteiger charge is 2.43. The fourth-order valence-electron chi connectivity index (χ4n) is 6.56. The van der Waals surface area contributed by atoms with Crippen LogP contribution < -0.4 is 16.3 Å². The summed E-state index contributed by atoms with van der Waals surface area (Å²) >= 11 is 1.26. The molecule has 14 heteroatoms. The van der Waals surface area contributed by atoms with Gasteiger partial charge in [0.2, 0.25) is 5.91 Å². The summed E-state index contributed by atoms with van der Waals surface area (Å²) in [5.74, 6) is -0.412. The second kappa shape index (κ2) is 9.73.